The van der Waals surface area contributed by atoms with Crippen LogP contribution in [0.1, 0.15) is 27.7 Å². The molecule has 0 aliphatic carbocycles. The van der Waals surface area contributed by atoms with Gasteiger partial charge in [-0.3, -0.25) is 9.28 Å². The van der Waals surface area contributed by atoms with E-state index in [2.05, 4.69) is 26.7 Å². The number of quaternary nitrogens is 1. The topological polar surface area (TPSA) is 35.5 Å². The quantitative estimate of drug-likeness (QED) is 0.318. The van der Waals surface area contributed by atoms with Crippen molar-refractivity contribution in [3.8, 4) is 12.3 Å². The van der Waals surface area contributed by atoms with E-state index in [1.54, 1.807) is 0 Å². The van der Waals surface area contributed by atoms with Crippen LogP contribution in [0.4, 0.5) is 0 Å². The minimum absolute atomic E-state index is 0. The van der Waals surface area contributed by atoms with E-state index >= 15 is 0 Å². The van der Waals surface area contributed by atoms with E-state index in [0.717, 1.165) is 0 Å². The molecule has 0 bridgehead atoms. The Labute approximate surface area is 139 Å². The molecule has 0 aromatic rings. The summed E-state index contributed by atoms with van der Waals surface area (Å²) in [4.78, 5) is 11.4. The predicted octanol–water partition coefficient (Wildman–Crippen LogP) is 2.26. The van der Waals surface area contributed by atoms with Crippen molar-refractivity contribution >= 4 is 29.9 Å². The highest BCUT2D eigenvalue weighted by atomic mass is 127. The maximum absolute atomic E-state index is 11.4. The first-order valence-electron chi connectivity index (χ1n) is 6.79. The normalized spacial score (nSPS) is 33.8. The molecule has 0 radical (unpaired) electrons. The van der Waals surface area contributed by atoms with Crippen molar-refractivity contribution in [2.45, 2.75) is 46.1 Å². The minimum atomic E-state index is -0.270. The van der Waals surface area contributed by atoms with E-state index in [-0.39, 0.29) is 54.3 Å². The van der Waals surface area contributed by atoms with Crippen LogP contribution >= 0.6 is 24.0 Å². The van der Waals surface area contributed by atoms with Gasteiger partial charge in [0.05, 0.1) is 20.2 Å². The molecule has 0 N–H and O–H groups in total. The number of rotatable bonds is 3. The zero-order chi connectivity index (χ0) is 14.8. The molecule has 0 spiro atoms. The number of likely N-dealkylation sites (N-methyl/N-ethyl adjacent to an activating group) is 1. The summed E-state index contributed by atoms with van der Waals surface area (Å²) < 4.78 is 12.1. The summed E-state index contributed by atoms with van der Waals surface area (Å²) in [7, 11) is 4.02. The van der Waals surface area contributed by atoms with E-state index in [1.807, 2.05) is 14.1 Å². The molecule has 1 heterocycles. The molecular formula is C15H27INO3+. The Morgan fingerprint density at radius 1 is 1.30 bits per heavy atom. The summed E-state index contributed by atoms with van der Waals surface area (Å²) in [5.74, 6) is 2.98. The second-order valence-electron chi connectivity index (χ2n) is 6.16. The molecule has 4 nitrogen and oxygen atoms in total. The molecule has 0 aromatic carbocycles. The van der Waals surface area contributed by atoms with E-state index in [1.165, 1.54) is 6.92 Å². The van der Waals surface area contributed by atoms with Crippen LogP contribution in [0.3, 0.4) is 0 Å². The second-order valence-corrected chi connectivity index (χ2v) is 6.16. The van der Waals surface area contributed by atoms with Crippen molar-refractivity contribution in [2.24, 2.45) is 11.8 Å². The Bertz CT molecular complexity index is 378. The highest BCUT2D eigenvalue weighted by Gasteiger charge is 2.49. The number of carbonyl (C=O) groups is 1. The molecule has 5 heteroatoms. The monoisotopic (exact) mass is 396 g/mol. The number of ether oxygens (including phenoxy) is 2. The molecular weight excluding hydrogens is 369 g/mol. The number of esters is 1. The summed E-state index contributed by atoms with van der Waals surface area (Å²) in [6, 6.07) is 0. The maximum Gasteiger partial charge on any atom is 0.303 e. The van der Waals surface area contributed by atoms with Gasteiger partial charge in [0.15, 0.2) is 6.10 Å². The Hall–Kier alpha value is -0.320. The van der Waals surface area contributed by atoms with Crippen molar-refractivity contribution in [3.63, 3.8) is 0 Å². The standard InChI is InChI=1S/C15H26NO3.HI/c1-8-9-16(6,7)15-14(19-13(5)17)11(3)10(2)12(4)18-15;/h1,10-12,14-15H,9H2,2-7H3;1H/q+1;/t10-,11+,12?,14?,15+;/m1./s1. The number of carbonyl (C=O) groups excluding carboxylic acids is 1. The first-order valence-corrected chi connectivity index (χ1v) is 6.79. The van der Waals surface area contributed by atoms with Gasteiger partial charge in [-0.1, -0.05) is 13.8 Å². The molecule has 0 amide bonds. The van der Waals surface area contributed by atoms with Gasteiger partial charge in [0, 0.05) is 12.8 Å². The molecule has 1 fully saturated rings. The highest BCUT2D eigenvalue weighted by Crippen LogP contribution is 2.35. The van der Waals surface area contributed by atoms with E-state index < -0.39 is 0 Å². The zero-order valence-electron chi connectivity index (χ0n) is 13.3. The van der Waals surface area contributed by atoms with Crippen molar-refractivity contribution in [3.05, 3.63) is 0 Å². The molecule has 1 aliphatic heterocycles. The molecule has 5 atom stereocenters. The van der Waals surface area contributed by atoms with E-state index in [0.29, 0.717) is 16.9 Å². The SMILES string of the molecule is C#CC[N+](C)(C)[C@H]1OC(C)[C@H](C)[C@H](C)C1OC(C)=O.I. The lowest BCUT2D eigenvalue weighted by molar-refractivity contribution is -0.938. The first kappa shape index (κ1) is 19.7. The Morgan fingerprint density at radius 3 is 2.30 bits per heavy atom. The van der Waals surface area contributed by atoms with Gasteiger partial charge in [0.25, 0.3) is 0 Å². The van der Waals surface area contributed by atoms with Gasteiger partial charge in [0.1, 0.15) is 6.54 Å². The highest BCUT2D eigenvalue weighted by molar-refractivity contribution is 14.0. The molecule has 0 saturated carbocycles. The van der Waals surface area contributed by atoms with Gasteiger partial charge in [-0.05, 0) is 18.8 Å². The number of halogens is 1. The lowest BCUT2D eigenvalue weighted by Crippen LogP contribution is -2.63. The number of nitrogens with zero attached hydrogens (tertiary/aromatic N) is 1. The summed E-state index contributed by atoms with van der Waals surface area (Å²) in [5, 5.41) is 0. The third-order valence-corrected chi connectivity index (χ3v) is 4.21. The van der Waals surface area contributed by atoms with Gasteiger partial charge in [-0.25, -0.2) is 0 Å². The number of terminal acetylenes is 1. The van der Waals surface area contributed by atoms with Gasteiger partial charge in [-0.15, -0.1) is 30.4 Å². The fourth-order valence-electron chi connectivity index (χ4n) is 2.65. The van der Waals surface area contributed by atoms with E-state index in [4.69, 9.17) is 15.9 Å². The molecule has 1 aliphatic rings. The Morgan fingerprint density at radius 2 is 1.85 bits per heavy atom. The van der Waals surface area contributed by atoms with Crippen molar-refractivity contribution in [1.29, 1.82) is 0 Å². The molecule has 1 rings (SSSR count). The van der Waals surface area contributed by atoms with Gasteiger partial charge >= 0.3 is 5.97 Å². The lowest BCUT2D eigenvalue weighted by Gasteiger charge is -2.48. The zero-order valence-corrected chi connectivity index (χ0v) is 15.6. The Balaban J connectivity index is 0.00000361. The molecule has 1 saturated heterocycles. The Kier molecular flexibility index (Phi) is 7.50. The van der Waals surface area contributed by atoms with Crippen LogP contribution in [-0.2, 0) is 14.3 Å². The number of hydrogen-bond donors (Lipinski definition) is 0. The fraction of sp³-hybridized carbons (Fsp3) is 0.800. The van der Waals surface area contributed by atoms with Gasteiger partial charge < -0.3 is 9.47 Å². The summed E-state index contributed by atoms with van der Waals surface area (Å²) in [6.07, 6.45) is 5.08. The van der Waals surface area contributed by atoms with Crippen LogP contribution < -0.4 is 0 Å². The predicted molar refractivity (Wildman–Crippen MR) is 89.4 cm³/mol. The second kappa shape index (κ2) is 7.62. The van der Waals surface area contributed by atoms with Crippen LogP contribution in [0.25, 0.3) is 0 Å². The van der Waals surface area contributed by atoms with Crippen molar-refractivity contribution in [1.82, 2.24) is 0 Å². The average molecular weight is 396 g/mol. The summed E-state index contributed by atoms with van der Waals surface area (Å²) >= 11 is 0. The summed E-state index contributed by atoms with van der Waals surface area (Å²) in [5.41, 5.74) is 0. The summed E-state index contributed by atoms with van der Waals surface area (Å²) in [6.45, 7) is 8.28. The maximum atomic E-state index is 11.4. The van der Waals surface area contributed by atoms with Crippen LogP contribution in [-0.4, -0.2) is 49.5 Å². The lowest BCUT2D eigenvalue weighted by atomic mass is 9.83. The smallest absolute Gasteiger partial charge is 0.303 e. The third kappa shape index (κ3) is 4.34. The number of hydrogen-bond acceptors (Lipinski definition) is 3. The molecule has 2 unspecified atom stereocenters. The third-order valence-electron chi connectivity index (χ3n) is 4.21. The van der Waals surface area contributed by atoms with Gasteiger partial charge in [-0.2, -0.15) is 0 Å². The fourth-order valence-corrected chi connectivity index (χ4v) is 2.65. The molecule has 0 aromatic heterocycles. The first-order chi connectivity index (χ1) is 8.70. The van der Waals surface area contributed by atoms with Crippen LogP contribution in [0.5, 0.6) is 0 Å². The van der Waals surface area contributed by atoms with E-state index in [9.17, 15) is 4.79 Å². The van der Waals surface area contributed by atoms with Gasteiger partial charge in [0.2, 0.25) is 6.23 Å². The van der Waals surface area contributed by atoms with Crippen LogP contribution in [0.2, 0.25) is 0 Å². The average Bonchev–Trinajstić information content (AvgIpc) is 2.29. The minimum Gasteiger partial charge on any atom is -0.453 e. The van der Waals surface area contributed by atoms with Crippen molar-refractivity contribution in [2.75, 3.05) is 20.6 Å². The van der Waals surface area contributed by atoms with Crippen LogP contribution in [0, 0.1) is 24.2 Å². The molecule has 20 heavy (non-hydrogen) atoms. The molecule has 116 valence electrons. The van der Waals surface area contributed by atoms with Crippen molar-refractivity contribution < 1.29 is 18.8 Å². The van der Waals surface area contributed by atoms with Crippen LogP contribution in [0.15, 0.2) is 0 Å². The largest absolute Gasteiger partial charge is 0.453 e.